The number of amides is 1. The molecule has 0 unspecified atom stereocenters. The molecule has 0 radical (unpaired) electrons. The second-order valence-corrected chi connectivity index (χ2v) is 3.21. The van der Waals surface area contributed by atoms with E-state index in [0.717, 1.165) is 13.1 Å². The average Bonchev–Trinajstić information content (AvgIpc) is 2.74. The first kappa shape index (κ1) is 6.91. The van der Waals surface area contributed by atoms with Gasteiger partial charge in [-0.25, -0.2) is 0 Å². The molecule has 4 heteroatoms. The summed E-state index contributed by atoms with van der Waals surface area (Å²) in [5.74, 6) is 0.0550. The van der Waals surface area contributed by atoms with Gasteiger partial charge in [0.1, 0.15) is 6.26 Å². The number of rotatable bonds is 1. The second-order valence-electron chi connectivity index (χ2n) is 2.43. The monoisotopic (exact) mass is 215 g/mol. The minimum Gasteiger partial charge on any atom is -0.457 e. The fraction of sp³-hybridized carbons (Fsp3) is 0.286. The lowest BCUT2D eigenvalue weighted by Crippen LogP contribution is -2.08. The van der Waals surface area contributed by atoms with Gasteiger partial charge in [-0.2, -0.15) is 0 Å². The first-order valence-corrected chi connectivity index (χ1v) is 4.10. The van der Waals surface area contributed by atoms with Crippen molar-refractivity contribution in [3.63, 3.8) is 0 Å². The van der Waals surface area contributed by atoms with Gasteiger partial charge in [0.25, 0.3) is 5.91 Å². The molecule has 2 rings (SSSR count). The van der Waals surface area contributed by atoms with Crippen LogP contribution in [0.2, 0.25) is 0 Å². The van der Waals surface area contributed by atoms with Gasteiger partial charge in [-0.1, -0.05) is 0 Å². The molecule has 1 aliphatic rings. The topological polar surface area (TPSA) is 33.2 Å². The normalized spacial score (nSPS) is 15.2. The van der Waals surface area contributed by atoms with E-state index in [1.54, 1.807) is 11.0 Å². The van der Waals surface area contributed by atoms with E-state index in [4.69, 9.17) is 4.42 Å². The molecule has 1 aromatic heterocycles. The van der Waals surface area contributed by atoms with Crippen LogP contribution in [0.15, 0.2) is 21.4 Å². The fourth-order valence-corrected chi connectivity index (χ4v) is 1.20. The maximum Gasteiger partial charge on any atom is 0.257 e. The number of furan rings is 1. The summed E-state index contributed by atoms with van der Waals surface area (Å²) in [6.45, 7) is 1.75. The third kappa shape index (κ3) is 1.30. The molecule has 0 bridgehead atoms. The molecule has 1 saturated heterocycles. The summed E-state index contributed by atoms with van der Waals surface area (Å²) < 4.78 is 5.53. The van der Waals surface area contributed by atoms with Crippen molar-refractivity contribution >= 4 is 21.8 Å². The van der Waals surface area contributed by atoms with E-state index in [0.29, 0.717) is 10.2 Å². The number of carbonyl (C=O) groups is 1. The van der Waals surface area contributed by atoms with Crippen molar-refractivity contribution in [1.29, 1.82) is 0 Å². The zero-order valence-corrected chi connectivity index (χ0v) is 7.30. The molecule has 1 aromatic rings. The SMILES string of the molecule is O=C(c1coc(Br)c1)N1CC1. The minimum absolute atomic E-state index is 0.0550. The summed E-state index contributed by atoms with van der Waals surface area (Å²) >= 11 is 3.13. The highest BCUT2D eigenvalue weighted by atomic mass is 79.9. The van der Waals surface area contributed by atoms with Gasteiger partial charge in [0, 0.05) is 19.2 Å². The number of carbonyl (C=O) groups excluding carboxylic acids is 1. The third-order valence-corrected chi connectivity index (χ3v) is 1.96. The summed E-state index contributed by atoms with van der Waals surface area (Å²) in [4.78, 5) is 13.0. The zero-order valence-electron chi connectivity index (χ0n) is 5.71. The van der Waals surface area contributed by atoms with Gasteiger partial charge < -0.3 is 9.32 Å². The van der Waals surface area contributed by atoms with Crippen LogP contribution in [0.25, 0.3) is 0 Å². The highest BCUT2D eigenvalue weighted by Crippen LogP contribution is 2.18. The average molecular weight is 216 g/mol. The quantitative estimate of drug-likeness (QED) is 0.666. The lowest BCUT2D eigenvalue weighted by Gasteiger charge is -1.93. The molecule has 0 spiro atoms. The van der Waals surface area contributed by atoms with Crippen LogP contribution in [0.4, 0.5) is 0 Å². The Morgan fingerprint density at radius 1 is 1.64 bits per heavy atom. The maximum atomic E-state index is 11.3. The van der Waals surface area contributed by atoms with Gasteiger partial charge in [-0.15, -0.1) is 0 Å². The molecule has 3 nitrogen and oxygen atoms in total. The van der Waals surface area contributed by atoms with Crippen LogP contribution in [-0.4, -0.2) is 23.9 Å². The van der Waals surface area contributed by atoms with E-state index in [1.807, 2.05) is 0 Å². The van der Waals surface area contributed by atoms with E-state index in [-0.39, 0.29) is 5.91 Å². The van der Waals surface area contributed by atoms with Crippen molar-refractivity contribution in [3.05, 3.63) is 22.6 Å². The van der Waals surface area contributed by atoms with Gasteiger partial charge in [-0.3, -0.25) is 4.79 Å². The molecule has 58 valence electrons. The Labute approximate surface area is 72.1 Å². The lowest BCUT2D eigenvalue weighted by molar-refractivity contribution is 0.0885. The summed E-state index contributed by atoms with van der Waals surface area (Å²) in [5.41, 5.74) is 0.620. The van der Waals surface area contributed by atoms with Crippen molar-refractivity contribution in [3.8, 4) is 0 Å². The smallest absolute Gasteiger partial charge is 0.257 e. The van der Waals surface area contributed by atoms with E-state index >= 15 is 0 Å². The minimum atomic E-state index is 0.0550. The van der Waals surface area contributed by atoms with Crippen LogP contribution < -0.4 is 0 Å². The number of halogens is 1. The lowest BCUT2D eigenvalue weighted by atomic mass is 10.3. The van der Waals surface area contributed by atoms with Crippen molar-refractivity contribution in [2.45, 2.75) is 0 Å². The highest BCUT2D eigenvalue weighted by Gasteiger charge is 2.26. The maximum absolute atomic E-state index is 11.3. The molecular formula is C7H6BrNO2. The predicted octanol–water partition coefficient (Wildman–Crippen LogP) is 1.50. The van der Waals surface area contributed by atoms with Crippen molar-refractivity contribution in [2.24, 2.45) is 0 Å². The molecule has 0 atom stereocenters. The molecule has 0 aliphatic carbocycles. The van der Waals surface area contributed by atoms with Crippen LogP contribution in [0.3, 0.4) is 0 Å². The molecule has 0 saturated carbocycles. The summed E-state index contributed by atoms with van der Waals surface area (Å²) in [5, 5.41) is 0. The predicted molar refractivity (Wildman–Crippen MR) is 42.3 cm³/mol. The Bertz CT molecular complexity index is 290. The standard InChI is InChI=1S/C7H6BrNO2/c8-6-3-5(4-11-6)7(10)9-1-2-9/h3-4H,1-2H2. The van der Waals surface area contributed by atoms with Crippen LogP contribution >= 0.6 is 15.9 Å². The van der Waals surface area contributed by atoms with Crippen LogP contribution in [0.5, 0.6) is 0 Å². The Kier molecular flexibility index (Phi) is 1.49. The third-order valence-electron chi connectivity index (χ3n) is 1.55. The van der Waals surface area contributed by atoms with Gasteiger partial charge >= 0.3 is 0 Å². The van der Waals surface area contributed by atoms with Crippen LogP contribution in [0.1, 0.15) is 10.4 Å². The summed E-state index contributed by atoms with van der Waals surface area (Å²) in [6.07, 6.45) is 1.46. The van der Waals surface area contributed by atoms with Crippen molar-refractivity contribution < 1.29 is 9.21 Å². The van der Waals surface area contributed by atoms with Gasteiger partial charge in [0.2, 0.25) is 0 Å². The highest BCUT2D eigenvalue weighted by molar-refractivity contribution is 9.10. The van der Waals surface area contributed by atoms with Gasteiger partial charge in [0.15, 0.2) is 4.67 Å². The Morgan fingerprint density at radius 3 is 2.82 bits per heavy atom. The van der Waals surface area contributed by atoms with E-state index in [2.05, 4.69) is 15.9 Å². The second kappa shape index (κ2) is 2.37. The van der Waals surface area contributed by atoms with Crippen LogP contribution in [0, 0.1) is 0 Å². The number of hydrogen-bond donors (Lipinski definition) is 0. The summed E-state index contributed by atoms with van der Waals surface area (Å²) in [7, 11) is 0. The zero-order chi connectivity index (χ0) is 7.84. The molecule has 1 aliphatic heterocycles. The largest absolute Gasteiger partial charge is 0.457 e. The van der Waals surface area contributed by atoms with Crippen LogP contribution in [-0.2, 0) is 0 Å². The number of hydrogen-bond acceptors (Lipinski definition) is 2. The number of nitrogens with zero attached hydrogens (tertiary/aromatic N) is 1. The van der Waals surface area contributed by atoms with Crippen molar-refractivity contribution in [1.82, 2.24) is 4.90 Å². The van der Waals surface area contributed by atoms with Crippen molar-refractivity contribution in [2.75, 3.05) is 13.1 Å². The first-order valence-electron chi connectivity index (χ1n) is 3.31. The van der Waals surface area contributed by atoms with E-state index < -0.39 is 0 Å². The molecule has 0 aromatic carbocycles. The Hall–Kier alpha value is -0.770. The molecular weight excluding hydrogens is 210 g/mol. The van der Waals surface area contributed by atoms with Gasteiger partial charge in [-0.05, 0) is 15.9 Å². The molecule has 11 heavy (non-hydrogen) atoms. The molecule has 1 amide bonds. The Balaban J connectivity index is 2.21. The fourth-order valence-electron chi connectivity index (χ4n) is 0.858. The Morgan fingerprint density at radius 2 is 2.36 bits per heavy atom. The molecule has 1 fully saturated rings. The molecule has 0 N–H and O–H groups in total. The summed E-state index contributed by atoms with van der Waals surface area (Å²) in [6, 6.07) is 1.68. The van der Waals surface area contributed by atoms with E-state index in [1.165, 1.54) is 6.26 Å². The molecule has 2 heterocycles. The van der Waals surface area contributed by atoms with E-state index in [9.17, 15) is 4.79 Å². The first-order chi connectivity index (χ1) is 5.27. The van der Waals surface area contributed by atoms with Gasteiger partial charge in [0.05, 0.1) is 5.56 Å².